The minimum Gasteiger partial charge on any atom is -0.399 e. The first-order valence-corrected chi connectivity index (χ1v) is 7.92. The first-order chi connectivity index (χ1) is 10.3. The minimum absolute atomic E-state index is 0.375. The normalized spacial score (nSPS) is 12.2. The third kappa shape index (κ3) is 5.24. The van der Waals surface area contributed by atoms with Crippen LogP contribution in [0.2, 0.25) is 0 Å². The van der Waals surface area contributed by atoms with E-state index in [0.29, 0.717) is 6.04 Å². The first kappa shape index (κ1) is 15.6. The Kier molecular flexibility index (Phi) is 6.29. The molecule has 112 valence electrons. The molecular formula is C19H26N2. The highest BCUT2D eigenvalue weighted by atomic mass is 14.9. The number of rotatable bonds is 8. The molecule has 0 saturated heterocycles. The van der Waals surface area contributed by atoms with Gasteiger partial charge in [0.05, 0.1) is 0 Å². The maximum atomic E-state index is 5.93. The molecule has 0 aliphatic rings. The lowest BCUT2D eigenvalue weighted by atomic mass is 9.99. The van der Waals surface area contributed by atoms with E-state index in [9.17, 15) is 0 Å². The fraction of sp³-hybridized carbons (Fsp3) is 0.368. The first-order valence-electron chi connectivity index (χ1n) is 7.92. The molecule has 0 saturated carbocycles. The Hall–Kier alpha value is -1.80. The van der Waals surface area contributed by atoms with E-state index in [2.05, 4.69) is 54.7 Å². The second-order valence-electron chi connectivity index (χ2n) is 5.58. The topological polar surface area (TPSA) is 38.0 Å². The van der Waals surface area contributed by atoms with Crippen molar-refractivity contribution in [2.75, 3.05) is 5.73 Å². The average molecular weight is 282 g/mol. The lowest BCUT2D eigenvalue weighted by molar-refractivity contribution is 0.473. The standard InChI is InChI=1S/C19H26N2/c1-2-3-5-13-19(17-11-8-12-18(20)14-17)21-15-16-9-6-4-7-10-16/h4,6-12,14,19,21H,2-3,5,13,15,20H2,1H3. The fourth-order valence-electron chi connectivity index (χ4n) is 2.60. The molecule has 1 atom stereocenters. The summed E-state index contributed by atoms with van der Waals surface area (Å²) in [6, 6.07) is 19.2. The molecule has 0 bridgehead atoms. The van der Waals surface area contributed by atoms with Gasteiger partial charge in [-0.05, 0) is 29.7 Å². The Morgan fingerprint density at radius 2 is 1.81 bits per heavy atom. The van der Waals surface area contributed by atoms with Crippen molar-refractivity contribution in [2.24, 2.45) is 0 Å². The summed E-state index contributed by atoms with van der Waals surface area (Å²) in [6.07, 6.45) is 4.94. The molecule has 0 aromatic heterocycles. The highest BCUT2D eigenvalue weighted by Gasteiger charge is 2.11. The largest absolute Gasteiger partial charge is 0.399 e. The highest BCUT2D eigenvalue weighted by Crippen LogP contribution is 2.22. The molecule has 0 radical (unpaired) electrons. The van der Waals surface area contributed by atoms with Gasteiger partial charge in [0.2, 0.25) is 0 Å². The van der Waals surface area contributed by atoms with Gasteiger partial charge in [-0.15, -0.1) is 0 Å². The van der Waals surface area contributed by atoms with Crippen LogP contribution in [0.5, 0.6) is 0 Å². The van der Waals surface area contributed by atoms with Crippen LogP contribution in [-0.4, -0.2) is 0 Å². The summed E-state index contributed by atoms with van der Waals surface area (Å²) in [5.41, 5.74) is 9.39. The molecule has 2 aromatic rings. The van der Waals surface area contributed by atoms with Gasteiger partial charge < -0.3 is 11.1 Å². The van der Waals surface area contributed by atoms with Gasteiger partial charge in [0.15, 0.2) is 0 Å². The van der Waals surface area contributed by atoms with Gasteiger partial charge in [0.1, 0.15) is 0 Å². The van der Waals surface area contributed by atoms with Crippen molar-refractivity contribution in [3.63, 3.8) is 0 Å². The zero-order valence-corrected chi connectivity index (χ0v) is 12.9. The van der Waals surface area contributed by atoms with Crippen LogP contribution in [0.15, 0.2) is 54.6 Å². The van der Waals surface area contributed by atoms with Crippen LogP contribution in [0.1, 0.15) is 49.8 Å². The van der Waals surface area contributed by atoms with Crippen LogP contribution >= 0.6 is 0 Å². The Balaban J connectivity index is 2.01. The number of unbranched alkanes of at least 4 members (excludes halogenated alkanes) is 2. The van der Waals surface area contributed by atoms with Gasteiger partial charge in [-0.25, -0.2) is 0 Å². The van der Waals surface area contributed by atoms with Crippen LogP contribution in [-0.2, 0) is 6.54 Å². The molecule has 2 rings (SSSR count). The average Bonchev–Trinajstić information content (AvgIpc) is 2.52. The molecule has 2 aromatic carbocycles. The Labute approximate surface area is 128 Å². The summed E-state index contributed by atoms with van der Waals surface area (Å²) < 4.78 is 0. The third-order valence-corrected chi connectivity index (χ3v) is 3.80. The fourth-order valence-corrected chi connectivity index (χ4v) is 2.60. The lowest BCUT2D eigenvalue weighted by Gasteiger charge is -2.20. The van der Waals surface area contributed by atoms with Crippen LogP contribution < -0.4 is 11.1 Å². The summed E-state index contributed by atoms with van der Waals surface area (Å²) in [7, 11) is 0. The maximum absolute atomic E-state index is 5.93. The van der Waals surface area contributed by atoms with Crippen molar-refractivity contribution >= 4 is 5.69 Å². The molecule has 2 heteroatoms. The van der Waals surface area contributed by atoms with Gasteiger partial charge in [-0.3, -0.25) is 0 Å². The molecule has 0 aliphatic heterocycles. The molecule has 0 aliphatic carbocycles. The number of hydrogen-bond acceptors (Lipinski definition) is 2. The summed E-state index contributed by atoms with van der Waals surface area (Å²) in [6.45, 7) is 3.14. The van der Waals surface area contributed by atoms with Crippen LogP contribution in [0.3, 0.4) is 0 Å². The Morgan fingerprint density at radius 1 is 1.00 bits per heavy atom. The smallest absolute Gasteiger partial charge is 0.0324 e. The number of benzene rings is 2. The molecule has 2 nitrogen and oxygen atoms in total. The van der Waals surface area contributed by atoms with Gasteiger partial charge in [-0.1, -0.05) is 68.7 Å². The maximum Gasteiger partial charge on any atom is 0.0324 e. The van der Waals surface area contributed by atoms with E-state index in [1.54, 1.807) is 0 Å². The predicted molar refractivity (Wildman–Crippen MR) is 91.0 cm³/mol. The SMILES string of the molecule is CCCCCC(NCc1ccccc1)c1cccc(N)c1. The van der Waals surface area contributed by atoms with E-state index >= 15 is 0 Å². The van der Waals surface area contributed by atoms with E-state index in [0.717, 1.165) is 18.7 Å². The van der Waals surface area contributed by atoms with E-state index in [-0.39, 0.29) is 0 Å². The molecule has 0 amide bonds. The molecule has 0 fully saturated rings. The van der Waals surface area contributed by atoms with Gasteiger partial charge in [0, 0.05) is 18.3 Å². The number of anilines is 1. The van der Waals surface area contributed by atoms with E-state index in [1.807, 2.05) is 12.1 Å². The molecule has 0 spiro atoms. The number of nitrogens with two attached hydrogens (primary N) is 1. The molecule has 1 unspecified atom stereocenters. The highest BCUT2D eigenvalue weighted by molar-refractivity contribution is 5.41. The van der Waals surface area contributed by atoms with Gasteiger partial charge >= 0.3 is 0 Å². The van der Waals surface area contributed by atoms with E-state index in [1.165, 1.54) is 30.4 Å². The summed E-state index contributed by atoms with van der Waals surface area (Å²) >= 11 is 0. The quantitative estimate of drug-likeness (QED) is 0.545. The summed E-state index contributed by atoms with van der Waals surface area (Å²) in [4.78, 5) is 0. The van der Waals surface area contributed by atoms with E-state index < -0.39 is 0 Å². The Bertz CT molecular complexity index is 522. The van der Waals surface area contributed by atoms with E-state index in [4.69, 9.17) is 5.73 Å². The molecule has 0 heterocycles. The zero-order valence-electron chi connectivity index (χ0n) is 12.9. The van der Waals surface area contributed by atoms with Crippen LogP contribution in [0.25, 0.3) is 0 Å². The van der Waals surface area contributed by atoms with Crippen LogP contribution in [0, 0.1) is 0 Å². The zero-order chi connectivity index (χ0) is 14.9. The number of nitrogen functional groups attached to an aromatic ring is 1. The monoisotopic (exact) mass is 282 g/mol. The lowest BCUT2D eigenvalue weighted by Crippen LogP contribution is -2.21. The molecule has 21 heavy (non-hydrogen) atoms. The second kappa shape index (κ2) is 8.48. The number of nitrogens with one attached hydrogen (secondary N) is 1. The number of hydrogen-bond donors (Lipinski definition) is 2. The van der Waals surface area contributed by atoms with Crippen molar-refractivity contribution in [3.05, 3.63) is 65.7 Å². The van der Waals surface area contributed by atoms with Crippen LogP contribution in [0.4, 0.5) is 5.69 Å². The van der Waals surface area contributed by atoms with Crippen molar-refractivity contribution in [1.29, 1.82) is 0 Å². The second-order valence-corrected chi connectivity index (χ2v) is 5.58. The van der Waals surface area contributed by atoms with Gasteiger partial charge in [0.25, 0.3) is 0 Å². The third-order valence-electron chi connectivity index (χ3n) is 3.80. The van der Waals surface area contributed by atoms with Crippen molar-refractivity contribution in [2.45, 2.75) is 45.2 Å². The van der Waals surface area contributed by atoms with Crippen molar-refractivity contribution in [1.82, 2.24) is 5.32 Å². The van der Waals surface area contributed by atoms with Crippen molar-refractivity contribution in [3.8, 4) is 0 Å². The van der Waals surface area contributed by atoms with Gasteiger partial charge in [-0.2, -0.15) is 0 Å². The minimum atomic E-state index is 0.375. The molecular weight excluding hydrogens is 256 g/mol. The summed E-state index contributed by atoms with van der Waals surface area (Å²) in [5.74, 6) is 0. The Morgan fingerprint density at radius 3 is 2.52 bits per heavy atom. The summed E-state index contributed by atoms with van der Waals surface area (Å²) in [5, 5.41) is 3.68. The van der Waals surface area contributed by atoms with Crippen molar-refractivity contribution < 1.29 is 0 Å². The predicted octanol–water partition coefficient (Wildman–Crippen LogP) is 4.68. The molecule has 3 N–H and O–H groups in total.